The number of hydrogen-bond acceptors (Lipinski definition) is 5. The molecular formula is C19H20N4O3. The van der Waals surface area contributed by atoms with Crippen LogP contribution in [0.1, 0.15) is 42.7 Å². The van der Waals surface area contributed by atoms with Gasteiger partial charge in [0.1, 0.15) is 11.8 Å². The fourth-order valence-corrected chi connectivity index (χ4v) is 3.16. The number of nitrogens with zero attached hydrogens (tertiary/aromatic N) is 3. The molecule has 7 heteroatoms. The number of hydrogen-bond donors (Lipinski definition) is 1. The van der Waals surface area contributed by atoms with E-state index in [9.17, 15) is 9.59 Å². The summed E-state index contributed by atoms with van der Waals surface area (Å²) in [5.74, 6) is 0.197. The Balaban J connectivity index is 1.62. The highest BCUT2D eigenvalue weighted by molar-refractivity contribution is 5.89. The van der Waals surface area contributed by atoms with Crippen LogP contribution < -0.4 is 5.32 Å². The molecular weight excluding hydrogens is 332 g/mol. The Labute approximate surface area is 151 Å². The molecule has 1 aliphatic heterocycles. The second-order valence-electron chi connectivity index (χ2n) is 6.36. The highest BCUT2D eigenvalue weighted by atomic mass is 16.5. The molecule has 0 spiro atoms. The average molecular weight is 352 g/mol. The SMILES string of the molecule is CC(NC(=O)C1CCCN1C(=O)Cc1ccno1)c1ccc(C#N)cc1. The maximum Gasteiger partial charge on any atom is 0.243 e. The maximum absolute atomic E-state index is 12.7. The number of carbonyl (C=O) groups excluding carboxylic acids is 2. The van der Waals surface area contributed by atoms with Crippen molar-refractivity contribution in [3.05, 3.63) is 53.4 Å². The molecule has 2 aromatic rings. The molecule has 0 aliphatic carbocycles. The fraction of sp³-hybridized carbons (Fsp3) is 0.368. The molecule has 0 radical (unpaired) electrons. The highest BCUT2D eigenvalue weighted by Crippen LogP contribution is 2.21. The van der Waals surface area contributed by atoms with E-state index in [1.165, 1.54) is 6.20 Å². The zero-order chi connectivity index (χ0) is 18.5. The number of nitrogens with one attached hydrogen (secondary N) is 1. The molecule has 2 heterocycles. The predicted molar refractivity (Wildman–Crippen MR) is 92.7 cm³/mol. The van der Waals surface area contributed by atoms with Crippen molar-refractivity contribution >= 4 is 11.8 Å². The number of nitriles is 1. The number of rotatable bonds is 5. The van der Waals surface area contributed by atoms with Gasteiger partial charge in [-0.15, -0.1) is 0 Å². The van der Waals surface area contributed by atoms with Crippen molar-refractivity contribution in [1.29, 1.82) is 5.26 Å². The van der Waals surface area contributed by atoms with Crippen LogP contribution in [0.5, 0.6) is 0 Å². The number of benzene rings is 1. The maximum atomic E-state index is 12.7. The Hall–Kier alpha value is -3.14. The van der Waals surface area contributed by atoms with Gasteiger partial charge in [0.25, 0.3) is 0 Å². The Morgan fingerprint density at radius 1 is 1.38 bits per heavy atom. The normalized spacial score (nSPS) is 17.5. The summed E-state index contributed by atoms with van der Waals surface area (Å²) in [6, 6.07) is 10.1. The van der Waals surface area contributed by atoms with Gasteiger partial charge in [-0.1, -0.05) is 17.3 Å². The minimum absolute atomic E-state index is 0.106. The molecule has 2 unspecified atom stereocenters. The zero-order valence-corrected chi connectivity index (χ0v) is 14.5. The molecule has 1 saturated heterocycles. The van der Waals surface area contributed by atoms with E-state index in [4.69, 9.17) is 9.78 Å². The Kier molecular flexibility index (Phi) is 5.32. The van der Waals surface area contributed by atoms with Gasteiger partial charge in [0.05, 0.1) is 30.3 Å². The van der Waals surface area contributed by atoms with Gasteiger partial charge in [-0.2, -0.15) is 5.26 Å². The standard InChI is InChI=1S/C19H20N4O3/c1-13(15-6-4-14(12-20)5-7-15)22-19(25)17-3-2-10-23(17)18(24)11-16-8-9-21-26-16/h4-9,13,17H,2-3,10-11H2,1H3,(H,22,25). The third-order valence-corrected chi connectivity index (χ3v) is 4.59. The lowest BCUT2D eigenvalue weighted by Crippen LogP contribution is -2.47. The summed E-state index contributed by atoms with van der Waals surface area (Å²) in [4.78, 5) is 26.8. The predicted octanol–water partition coefficient (Wildman–Crippen LogP) is 1.96. The van der Waals surface area contributed by atoms with Crippen LogP contribution in [-0.4, -0.2) is 34.5 Å². The van der Waals surface area contributed by atoms with Crippen molar-refractivity contribution in [2.24, 2.45) is 0 Å². The van der Waals surface area contributed by atoms with Crippen molar-refractivity contribution < 1.29 is 14.1 Å². The van der Waals surface area contributed by atoms with Crippen LogP contribution in [0.25, 0.3) is 0 Å². The first kappa shape index (κ1) is 17.7. The molecule has 1 N–H and O–H groups in total. The van der Waals surface area contributed by atoms with Crippen molar-refractivity contribution in [2.45, 2.75) is 38.3 Å². The van der Waals surface area contributed by atoms with Gasteiger partial charge in [0.15, 0.2) is 0 Å². The lowest BCUT2D eigenvalue weighted by Gasteiger charge is -2.25. The smallest absolute Gasteiger partial charge is 0.243 e. The monoisotopic (exact) mass is 352 g/mol. The van der Waals surface area contributed by atoms with Crippen LogP contribution in [-0.2, 0) is 16.0 Å². The summed E-state index contributed by atoms with van der Waals surface area (Å²) in [6.45, 7) is 2.45. The summed E-state index contributed by atoms with van der Waals surface area (Å²) in [6.07, 6.45) is 3.05. The first-order valence-electron chi connectivity index (χ1n) is 8.58. The van der Waals surface area contributed by atoms with Crippen LogP contribution in [0.3, 0.4) is 0 Å². The molecule has 1 aromatic heterocycles. The number of likely N-dealkylation sites (tertiary alicyclic amines) is 1. The molecule has 1 aliphatic rings. The quantitative estimate of drug-likeness (QED) is 0.887. The van der Waals surface area contributed by atoms with Gasteiger partial charge in [-0.3, -0.25) is 9.59 Å². The molecule has 134 valence electrons. The van der Waals surface area contributed by atoms with Crippen LogP contribution in [0.2, 0.25) is 0 Å². The first-order chi connectivity index (χ1) is 12.6. The van der Waals surface area contributed by atoms with E-state index in [1.807, 2.05) is 19.1 Å². The van der Waals surface area contributed by atoms with Gasteiger partial charge >= 0.3 is 0 Å². The molecule has 1 fully saturated rings. The molecule has 26 heavy (non-hydrogen) atoms. The molecule has 3 rings (SSSR count). The second-order valence-corrected chi connectivity index (χ2v) is 6.36. The largest absolute Gasteiger partial charge is 0.361 e. The van der Waals surface area contributed by atoms with Crippen molar-refractivity contribution in [1.82, 2.24) is 15.4 Å². The van der Waals surface area contributed by atoms with E-state index < -0.39 is 6.04 Å². The van der Waals surface area contributed by atoms with Gasteiger partial charge < -0.3 is 14.7 Å². The summed E-state index contributed by atoms with van der Waals surface area (Å²) in [7, 11) is 0. The average Bonchev–Trinajstić information content (AvgIpc) is 3.33. The van der Waals surface area contributed by atoms with Gasteiger partial charge in [-0.05, 0) is 37.5 Å². The molecule has 0 bridgehead atoms. The number of aromatic nitrogens is 1. The summed E-state index contributed by atoms with van der Waals surface area (Å²) in [5.41, 5.74) is 1.49. The molecule has 7 nitrogen and oxygen atoms in total. The van der Waals surface area contributed by atoms with E-state index in [1.54, 1.807) is 23.1 Å². The van der Waals surface area contributed by atoms with Gasteiger partial charge in [0.2, 0.25) is 11.8 Å². The lowest BCUT2D eigenvalue weighted by molar-refractivity contribution is -0.138. The molecule has 0 saturated carbocycles. The van der Waals surface area contributed by atoms with Crippen LogP contribution in [0.15, 0.2) is 41.1 Å². The van der Waals surface area contributed by atoms with Gasteiger partial charge in [-0.25, -0.2) is 0 Å². The van der Waals surface area contributed by atoms with Crippen molar-refractivity contribution in [3.8, 4) is 6.07 Å². The number of carbonyl (C=O) groups is 2. The molecule has 2 amide bonds. The van der Waals surface area contributed by atoms with E-state index in [0.717, 1.165) is 12.0 Å². The van der Waals surface area contributed by atoms with E-state index in [0.29, 0.717) is 24.3 Å². The Morgan fingerprint density at radius 3 is 2.81 bits per heavy atom. The van der Waals surface area contributed by atoms with E-state index >= 15 is 0 Å². The van der Waals surface area contributed by atoms with E-state index in [-0.39, 0.29) is 24.3 Å². The Bertz CT molecular complexity index is 808. The second kappa shape index (κ2) is 7.83. The molecule has 1 aromatic carbocycles. The van der Waals surface area contributed by atoms with Crippen LogP contribution in [0, 0.1) is 11.3 Å². The zero-order valence-electron chi connectivity index (χ0n) is 14.5. The topological polar surface area (TPSA) is 99.2 Å². The summed E-state index contributed by atoms with van der Waals surface area (Å²) >= 11 is 0. The van der Waals surface area contributed by atoms with Crippen LogP contribution in [0.4, 0.5) is 0 Å². The number of amides is 2. The van der Waals surface area contributed by atoms with Gasteiger partial charge in [0, 0.05) is 12.6 Å². The van der Waals surface area contributed by atoms with E-state index in [2.05, 4.69) is 16.5 Å². The molecule has 2 atom stereocenters. The van der Waals surface area contributed by atoms with Crippen LogP contribution >= 0.6 is 0 Å². The minimum Gasteiger partial charge on any atom is -0.361 e. The minimum atomic E-state index is -0.466. The Morgan fingerprint density at radius 2 is 2.15 bits per heavy atom. The third kappa shape index (κ3) is 3.91. The first-order valence-corrected chi connectivity index (χ1v) is 8.58. The third-order valence-electron chi connectivity index (χ3n) is 4.59. The fourth-order valence-electron chi connectivity index (χ4n) is 3.16. The summed E-state index contributed by atoms with van der Waals surface area (Å²) in [5, 5.41) is 15.4. The lowest BCUT2D eigenvalue weighted by atomic mass is 10.1. The summed E-state index contributed by atoms with van der Waals surface area (Å²) < 4.78 is 4.98. The van der Waals surface area contributed by atoms with Crippen molar-refractivity contribution in [3.63, 3.8) is 0 Å². The van der Waals surface area contributed by atoms with Crippen molar-refractivity contribution in [2.75, 3.05) is 6.54 Å². The highest BCUT2D eigenvalue weighted by Gasteiger charge is 2.34.